The van der Waals surface area contributed by atoms with Crippen molar-refractivity contribution in [1.82, 2.24) is 46.2 Å². The Morgan fingerprint density at radius 2 is 1.33 bits per heavy atom. The molecule has 4 heterocycles. The maximum Gasteiger partial charge on any atom is 0.410 e. The van der Waals surface area contributed by atoms with Crippen molar-refractivity contribution in [3.8, 4) is 0 Å². The van der Waals surface area contributed by atoms with Crippen molar-refractivity contribution in [3.05, 3.63) is 65.7 Å². The molecule has 0 aromatic heterocycles. The van der Waals surface area contributed by atoms with Crippen LogP contribution < -0.4 is 31.9 Å². The Morgan fingerprint density at radius 3 is 1.90 bits per heavy atom. The molecule has 0 spiro atoms. The van der Waals surface area contributed by atoms with Gasteiger partial charge in [-0.3, -0.25) is 57.7 Å². The number of amides is 11. The highest BCUT2D eigenvalue weighted by atomic mass is 16.7. The van der Waals surface area contributed by atoms with E-state index in [4.69, 9.17) is 34.5 Å². The molecule has 1 unspecified atom stereocenters. The number of likely N-dealkylation sites (tertiary alicyclic amines) is 2. The number of rotatable bonds is 40. The summed E-state index contributed by atoms with van der Waals surface area (Å²) < 4.78 is 48.1. The number of imide groups is 1. The zero-order valence-electron chi connectivity index (χ0n) is 67.3. The first-order valence-corrected chi connectivity index (χ1v) is 37.9. The minimum absolute atomic E-state index is 0.133. The van der Waals surface area contributed by atoms with Gasteiger partial charge in [0.2, 0.25) is 59.1 Å². The first-order valence-electron chi connectivity index (χ1n) is 38.5. The zero-order chi connectivity index (χ0) is 85.0. The molecule has 0 radical (unpaired) electrons. The molecule has 14 N–H and O–H groups in total. The fraction of sp³-hybridized carbons (Fsp3) is 0.684. The van der Waals surface area contributed by atoms with Crippen LogP contribution >= 0.6 is 0 Å². The number of ether oxygens (including phenoxy) is 7. The molecule has 632 valence electrons. The molecule has 6 rings (SSSR count). The number of carboxylic acids is 1. The van der Waals surface area contributed by atoms with Crippen LogP contribution in [0.5, 0.6) is 0 Å². The van der Waals surface area contributed by atoms with Crippen molar-refractivity contribution < 1.29 is 133 Å². The molecule has 0 aliphatic carbocycles. The Labute approximate surface area is 658 Å². The summed E-state index contributed by atoms with van der Waals surface area (Å²) in [5.74, 6) is -11.4. The smallest absolute Gasteiger partial charge is 0.410 e. The van der Waals surface area contributed by atoms with E-state index < -0.39 is 237 Å². The zero-order valence-corrected chi connectivity index (χ0v) is 66.3. The summed E-state index contributed by atoms with van der Waals surface area (Å²) in [6.45, 7) is 14.6. The fourth-order valence-electron chi connectivity index (χ4n) is 14.2. The second kappa shape index (κ2) is 43.3. The number of anilines is 1. The van der Waals surface area contributed by atoms with Crippen LogP contribution in [0.1, 0.15) is 133 Å². The standard InChI is InChI=1S/C76H116N10O27/c1-15-40(8)58(48(107-13)32-54(92)85-31-19-22-47(85)65(108-14)41(9)68(99)78-42(10)66(44-20-17-16-18-21-44)112-75-64(98)61(95)62(96)67(113-75)73(104)105)83(11)72(103)56(38(4)5)82-71(102)57(39(6)7)84(12)76(106)110-35-43-23-25-45(26-24-43)79-69(100)46(36-109-74-63(97)60(94)59(93)49(34-87)111-74)80-70(101)55(37(2)3)81-50(88)29-30-77-51(89)33-86-52(90)27-28-53(86)91/h16-18,20-21,23-26,37-42,46-49,55-67,74-75,87,93-98H,15,19,22,27-36H2,1-14H3,(H,77,89)(H,78,99)(H,79,100)(H,80,101)(H,81,88)(H,82,102)(H,104,105)/t40-,41+,42+,46-,47-,48+,49+,55-,56-,57-,58-,59+,60-,61-,62-,63+,64+,65+,66+,67-,74+,75+/m0/s1/i27T/t27?,40-,41+,42+,46-,47-,48+,49+,55-,56-,57-,58-,59+,60-,61-,62-,63+,64+,65+,66+,67-,74+,75+. The van der Waals surface area contributed by atoms with E-state index in [0.717, 1.165) is 4.90 Å². The minimum atomic E-state index is -1.97. The van der Waals surface area contributed by atoms with Crippen molar-refractivity contribution >= 4 is 76.8 Å². The summed E-state index contributed by atoms with van der Waals surface area (Å²) in [5, 5.41) is 98.6. The third-order valence-electron chi connectivity index (χ3n) is 20.9. The lowest BCUT2D eigenvalue weighted by Gasteiger charge is -2.41. The van der Waals surface area contributed by atoms with Gasteiger partial charge in [0.25, 0.3) is 0 Å². The highest BCUT2D eigenvalue weighted by molar-refractivity contribution is 6.04. The van der Waals surface area contributed by atoms with Gasteiger partial charge < -0.3 is 116 Å². The molecule has 0 saturated carbocycles. The number of aliphatic hydroxyl groups is 7. The van der Waals surface area contributed by atoms with Gasteiger partial charge in [0, 0.05) is 67.7 Å². The van der Waals surface area contributed by atoms with Crippen molar-refractivity contribution in [1.29, 1.82) is 0 Å². The number of methoxy groups -OCH3 is 2. The summed E-state index contributed by atoms with van der Waals surface area (Å²) >= 11 is 0. The molecule has 4 aliphatic rings. The number of carbonyl (C=O) groups is 12. The number of nitrogens with one attached hydrogen (secondary N) is 6. The predicted octanol–water partition coefficient (Wildman–Crippen LogP) is -1.47. The van der Waals surface area contributed by atoms with Gasteiger partial charge in [0.05, 0.1) is 55.9 Å². The van der Waals surface area contributed by atoms with Crippen LogP contribution in [0.3, 0.4) is 0 Å². The second-order valence-electron chi connectivity index (χ2n) is 30.1. The summed E-state index contributed by atoms with van der Waals surface area (Å²) in [6, 6.07) is 6.76. The van der Waals surface area contributed by atoms with E-state index in [1.165, 1.54) is 50.4 Å². The Balaban J connectivity index is 1.07. The number of nitrogens with zero attached hydrogens (tertiary/aromatic N) is 4. The van der Waals surface area contributed by atoms with Gasteiger partial charge in [0.1, 0.15) is 86.2 Å². The maximum absolute atomic E-state index is 15.0. The maximum atomic E-state index is 15.0. The summed E-state index contributed by atoms with van der Waals surface area (Å²) in [5.41, 5.74) is 1.02. The van der Waals surface area contributed by atoms with E-state index in [1.54, 1.807) is 97.7 Å². The lowest BCUT2D eigenvalue weighted by Crippen LogP contribution is -2.61. The molecule has 2 aromatic carbocycles. The van der Waals surface area contributed by atoms with Gasteiger partial charge in [-0.1, -0.05) is 111 Å². The summed E-state index contributed by atoms with van der Waals surface area (Å²) in [7, 11) is 5.79. The number of hydrogen-bond donors (Lipinski definition) is 14. The fourth-order valence-corrected chi connectivity index (χ4v) is 14.2. The van der Waals surface area contributed by atoms with Crippen molar-refractivity contribution in [2.45, 2.75) is 243 Å². The largest absolute Gasteiger partial charge is 0.479 e. The minimum Gasteiger partial charge on any atom is -0.479 e. The first kappa shape index (κ1) is 91.7. The van der Waals surface area contributed by atoms with Crippen molar-refractivity contribution in [3.63, 3.8) is 0 Å². The lowest BCUT2D eigenvalue weighted by atomic mass is 9.89. The number of aliphatic carboxylic acids is 1. The Bertz CT molecular complexity index is 3590. The number of likely N-dealkylation sites (N-methyl/N-ethyl adjacent to an activating group) is 2. The van der Waals surface area contributed by atoms with Gasteiger partial charge in [0.15, 0.2) is 18.7 Å². The van der Waals surface area contributed by atoms with Crippen molar-refractivity contribution in [2.75, 3.05) is 66.5 Å². The van der Waals surface area contributed by atoms with Crippen LogP contribution in [0.25, 0.3) is 0 Å². The third-order valence-corrected chi connectivity index (χ3v) is 20.9. The number of carboxylic acid groups (broad SMARTS) is 1. The third kappa shape index (κ3) is 24.6. The SMILES string of the molecule is [3H]C1CC(=O)N(CC(=O)NCCC(=O)N[C@H](C(=O)N[C@@H](CO[C@@H]2O[C@H](CO)[C@@H](O)[C@H](O)[C@H]2O)C(=O)Nc2ccc(COC(=O)N(C)[C@H](C(=O)N[C@H](C(=O)N(C)[C@@H]([C@@H](C)CC)[C@@H](CC(=O)N3CCC[C@H]3[C@H](OC)[C@@H](C)C(=O)N[C@H](C)[C@@H](O[C@@H]3O[C@H](C(=O)O)[C@@H](O)[C@H](O)[C@H]3O)c3ccccc3)OC)C(C)C)C(C)C)cc2)C(C)C)C1=O. The Morgan fingerprint density at radius 1 is 0.690 bits per heavy atom. The normalized spacial score (nSPS) is 25.6. The number of benzene rings is 2. The molecule has 23 atom stereocenters. The van der Waals surface area contributed by atoms with Gasteiger partial charge >= 0.3 is 12.1 Å². The van der Waals surface area contributed by atoms with Crippen LogP contribution in [0.15, 0.2) is 54.6 Å². The molecule has 11 amide bonds. The predicted molar refractivity (Wildman–Crippen MR) is 399 cm³/mol. The molecule has 4 aliphatic heterocycles. The van der Waals surface area contributed by atoms with Crippen molar-refractivity contribution in [2.24, 2.45) is 29.6 Å². The molecule has 37 nitrogen and oxygen atoms in total. The molecule has 37 heteroatoms. The van der Waals surface area contributed by atoms with Crippen LogP contribution in [-0.2, 0) is 92.5 Å². The van der Waals surface area contributed by atoms with E-state index in [2.05, 4.69) is 31.9 Å². The lowest BCUT2D eigenvalue weighted by molar-refractivity contribution is -0.307. The monoisotopic (exact) mass is 1600 g/mol. The van der Waals surface area contributed by atoms with E-state index in [1.807, 2.05) is 13.8 Å². The van der Waals surface area contributed by atoms with Crippen LogP contribution in [0.4, 0.5) is 10.5 Å². The summed E-state index contributed by atoms with van der Waals surface area (Å²) in [4.78, 5) is 167. The molecule has 4 fully saturated rings. The summed E-state index contributed by atoms with van der Waals surface area (Å²) in [6.07, 6.45) is -22.6. The highest BCUT2D eigenvalue weighted by Crippen LogP contribution is 2.34. The highest BCUT2D eigenvalue weighted by Gasteiger charge is 2.51. The number of hydrogen-bond acceptors (Lipinski definition) is 26. The molecular formula is C76H116N10O27. The number of aliphatic hydroxyl groups excluding tert-OH is 7. The van der Waals surface area contributed by atoms with Gasteiger partial charge in [-0.2, -0.15) is 0 Å². The van der Waals surface area contributed by atoms with Gasteiger partial charge in [-0.05, 0) is 66.7 Å². The average Bonchev–Trinajstić information content (AvgIpc) is 1.05. The second-order valence-corrected chi connectivity index (χ2v) is 30.1. The van der Waals surface area contributed by atoms with Crippen LogP contribution in [0, 0.1) is 29.6 Å². The topological polar surface area (TPSA) is 516 Å². The molecule has 0 bridgehead atoms. The van der Waals surface area contributed by atoms with Gasteiger partial charge in [-0.15, -0.1) is 0 Å². The molecule has 4 saturated heterocycles. The number of carbonyl (C=O) groups excluding carboxylic acids is 11. The van der Waals surface area contributed by atoms with Gasteiger partial charge in [-0.25, -0.2) is 9.59 Å². The van der Waals surface area contributed by atoms with E-state index >= 15 is 0 Å². The van der Waals surface area contributed by atoms with E-state index in [0.29, 0.717) is 41.8 Å². The molecule has 2 aromatic rings. The van der Waals surface area contributed by atoms with E-state index in [-0.39, 0.29) is 49.9 Å². The Hall–Kier alpha value is -8.44. The average molecular weight is 1600 g/mol. The molecule has 113 heavy (non-hydrogen) atoms. The molecular weight excluding hydrogens is 1480 g/mol. The quantitative estimate of drug-likeness (QED) is 0.0339. The Kier molecular flexibility index (Phi) is 35.2. The van der Waals surface area contributed by atoms with Crippen LogP contribution in [0.2, 0.25) is 0 Å². The van der Waals surface area contributed by atoms with Crippen LogP contribution in [-0.4, -0.2) is 309 Å². The first-order chi connectivity index (χ1) is 53.7. The van der Waals surface area contributed by atoms with E-state index in [9.17, 15) is 98.4 Å².